The minimum absolute atomic E-state index is 0.0342. The fraction of sp³-hybridized carbons (Fsp3) is 0.524. The molecule has 0 fully saturated rings. The Kier molecular flexibility index (Phi) is 19.9. The predicted octanol–water partition coefficient (Wildman–Crippen LogP) is 1.77. The molecule has 12 nitrogen and oxygen atoms in total. The Balaban J connectivity index is 0. The number of nitrogens with one attached hydrogen (secondary N) is 3. The van der Waals surface area contributed by atoms with Gasteiger partial charge in [-0.2, -0.15) is 0 Å². The molecule has 0 aromatic heterocycles. The Hall–Kier alpha value is -2.31. The number of urea groups is 1. The summed E-state index contributed by atoms with van der Waals surface area (Å²) >= 11 is 1.72. The molecule has 0 rings (SSSR count). The third kappa shape index (κ3) is 16.9. The van der Waals surface area contributed by atoms with Crippen molar-refractivity contribution >= 4 is 34.0 Å². The van der Waals surface area contributed by atoms with E-state index in [-0.39, 0.29) is 37.1 Å². The molecule has 6 N–H and O–H groups in total. The van der Waals surface area contributed by atoms with Gasteiger partial charge in [-0.1, -0.05) is 18.2 Å². The zero-order valence-corrected chi connectivity index (χ0v) is 23.6. The molecule has 0 heterocycles. The van der Waals surface area contributed by atoms with E-state index in [4.69, 9.17) is 10.2 Å². The van der Waals surface area contributed by atoms with Crippen molar-refractivity contribution in [2.75, 3.05) is 6.54 Å². The second kappa shape index (κ2) is 19.9. The van der Waals surface area contributed by atoms with Crippen LogP contribution in [0.3, 0.4) is 0 Å². The summed E-state index contributed by atoms with van der Waals surface area (Å²) in [5.41, 5.74) is 0. The Morgan fingerprint density at radius 3 is 1.89 bits per heavy atom. The van der Waals surface area contributed by atoms with Crippen molar-refractivity contribution in [2.24, 2.45) is 0 Å². The van der Waals surface area contributed by atoms with Gasteiger partial charge in [0.15, 0.2) is 0 Å². The van der Waals surface area contributed by atoms with E-state index in [2.05, 4.69) is 14.7 Å². The van der Waals surface area contributed by atoms with Crippen molar-refractivity contribution < 1.29 is 67.6 Å². The maximum atomic E-state index is 12.3. The third-order valence-electron chi connectivity index (χ3n) is 4.16. The summed E-state index contributed by atoms with van der Waals surface area (Å²) in [7, 11) is -3.75. The van der Waals surface area contributed by atoms with E-state index in [1.165, 1.54) is 12.2 Å². The van der Waals surface area contributed by atoms with Crippen LogP contribution in [0, 0.1) is 24.7 Å². The normalized spacial score (nSPS) is 13.5. The predicted molar refractivity (Wildman–Crippen MR) is 126 cm³/mol. The average molecular weight is 715 g/mol. The molecule has 0 radical (unpaired) electrons. The zero-order chi connectivity index (χ0) is 27.4. The van der Waals surface area contributed by atoms with Crippen LogP contribution in [0.1, 0.15) is 46.0 Å². The number of carboxylic acids is 3. The van der Waals surface area contributed by atoms with Crippen LogP contribution in [-0.2, 0) is 24.4 Å². The molecule has 200 valence electrons. The summed E-state index contributed by atoms with van der Waals surface area (Å²) in [6, 6.07) is -3.90. The van der Waals surface area contributed by atoms with Crippen molar-refractivity contribution in [3.63, 3.8) is 0 Å². The van der Waals surface area contributed by atoms with Gasteiger partial charge in [-0.3, -0.25) is 4.79 Å². The average Bonchev–Trinajstić information content (AvgIpc) is 2.79. The summed E-state index contributed by atoms with van der Waals surface area (Å²) in [5, 5.41) is 31.1. The van der Waals surface area contributed by atoms with Crippen LogP contribution < -0.4 is 15.4 Å². The molecular formula is C21H34AtN3O9S. The number of carbonyl (C=O) groups is 4. The molecule has 0 aromatic carbocycles. The fourth-order valence-electron chi connectivity index (χ4n) is 2.49. The molecule has 0 saturated heterocycles. The van der Waals surface area contributed by atoms with Crippen molar-refractivity contribution in [3.8, 4) is 0 Å². The van der Waals surface area contributed by atoms with E-state index in [1.807, 2.05) is 5.32 Å². The first-order valence-corrected chi connectivity index (χ1v) is 14.9. The third-order valence-corrected chi connectivity index (χ3v) is 5.64. The molecule has 0 saturated carbocycles. The minimum Gasteiger partial charge on any atom is -0.481 e. The summed E-state index contributed by atoms with van der Waals surface area (Å²) in [4.78, 5) is 45.1. The zero-order valence-electron chi connectivity index (χ0n) is 19.9. The number of hydrogen-bond donors (Lipinski definition) is 6. The summed E-state index contributed by atoms with van der Waals surface area (Å²) in [6.45, 7) is 3.47. The Morgan fingerprint density at radius 1 is 0.886 bits per heavy atom. The first-order valence-electron chi connectivity index (χ1n) is 10.5. The van der Waals surface area contributed by atoms with Gasteiger partial charge >= 0.3 is 53.3 Å². The second-order valence-electron chi connectivity index (χ2n) is 6.82. The second-order valence-corrected chi connectivity index (χ2v) is 8.59. The molecule has 0 aromatic rings. The number of sulfonamides is 1. The molecule has 0 aliphatic rings. The Bertz CT molecular complexity index is 886. The van der Waals surface area contributed by atoms with E-state index in [9.17, 15) is 32.7 Å². The van der Waals surface area contributed by atoms with Crippen molar-refractivity contribution in [1.82, 2.24) is 15.4 Å². The standard InChI is InChI=1S/C20H31N3O9S.CH3At/c1-3-5-9-14(8-4-2)33(31,32)21-13-7-6-10-15(18(26)27)22-20(30)23-16(19(28)29)11-12-17(24)25;1-2/h3-5,8-9,15-16,21H,6-7,10-13H2,1-2H3,(H,24,25)(H,26,27)(H,28,29)(H2,22,23,30);1H3/b5-3-,8-4-,14-9+;/t15-,16-;/m0./s1. The quantitative estimate of drug-likeness (QED) is 0.102. The van der Waals surface area contributed by atoms with Gasteiger partial charge in [-0.15, -0.1) is 0 Å². The number of carbonyl (C=O) groups excluding carboxylic acids is 1. The van der Waals surface area contributed by atoms with Gasteiger partial charge in [0.25, 0.3) is 0 Å². The van der Waals surface area contributed by atoms with E-state index in [0.717, 1.165) is 0 Å². The summed E-state index contributed by atoms with van der Waals surface area (Å²) in [6.07, 6.45) is 7.36. The molecule has 0 spiro atoms. The van der Waals surface area contributed by atoms with Gasteiger partial charge in [0.1, 0.15) is 12.1 Å². The fourth-order valence-corrected chi connectivity index (χ4v) is 3.65. The van der Waals surface area contributed by atoms with E-state index in [0.29, 0.717) is 0 Å². The molecule has 0 unspecified atom stereocenters. The van der Waals surface area contributed by atoms with Crippen LogP contribution in [0.5, 0.6) is 0 Å². The van der Waals surface area contributed by atoms with Crippen LogP contribution >= 0.6 is 0 Å². The number of rotatable bonds is 16. The number of hydrogen-bond acceptors (Lipinski definition) is 6. The van der Waals surface area contributed by atoms with Gasteiger partial charge in [-0.25, -0.2) is 27.5 Å². The number of amides is 2. The summed E-state index contributed by atoms with van der Waals surface area (Å²) < 4.78 is 29.1. The first-order chi connectivity index (χ1) is 16.4. The van der Waals surface area contributed by atoms with Gasteiger partial charge in [0, 0.05) is 13.0 Å². The van der Waals surface area contributed by atoms with Gasteiger partial charge in [-0.05, 0) is 51.7 Å². The van der Waals surface area contributed by atoms with Crippen LogP contribution in [0.25, 0.3) is 0 Å². The molecule has 35 heavy (non-hydrogen) atoms. The number of carboxylic acid groups (broad SMARTS) is 3. The minimum atomic E-state index is -3.75. The van der Waals surface area contributed by atoms with Crippen LogP contribution in [0.15, 0.2) is 35.3 Å². The smallest absolute Gasteiger partial charge is 0.326 e. The maximum absolute atomic E-state index is 12.3. The molecular weight excluding hydrogens is 680 g/mol. The Labute approximate surface area is 220 Å². The molecule has 2 atom stereocenters. The van der Waals surface area contributed by atoms with Gasteiger partial charge in [0.05, 0.1) is 4.91 Å². The first kappa shape index (κ1) is 34.9. The van der Waals surface area contributed by atoms with Crippen molar-refractivity contribution in [1.29, 1.82) is 0 Å². The number of unbranched alkanes of at least 4 members (excludes halogenated alkanes) is 1. The van der Waals surface area contributed by atoms with Gasteiger partial charge in [0.2, 0.25) is 10.0 Å². The maximum Gasteiger partial charge on any atom is 0.326 e. The van der Waals surface area contributed by atoms with E-state index < -0.39 is 52.5 Å². The molecule has 0 aliphatic heterocycles. The SMILES string of the molecule is C[At].C\C=C/C=C(\C=C/C)S(=O)(=O)NCCCC[C@H](NC(=O)N[C@@H](CCC(=O)O)C(=O)O)C(=O)O. The van der Waals surface area contributed by atoms with Crippen molar-refractivity contribution in [2.45, 2.75) is 62.7 Å². The molecule has 0 aliphatic carbocycles. The monoisotopic (exact) mass is 714 g/mol. The van der Waals surface area contributed by atoms with Gasteiger partial charge < -0.3 is 26.0 Å². The van der Waals surface area contributed by atoms with E-state index >= 15 is 0 Å². The summed E-state index contributed by atoms with van der Waals surface area (Å²) in [5.74, 6) is -4.04. The molecule has 0 bridgehead atoms. The van der Waals surface area contributed by atoms with Crippen LogP contribution in [0.4, 0.5) is 4.79 Å². The molecule has 2 amide bonds. The number of aliphatic carboxylic acids is 3. The molecule has 14 heteroatoms. The topological polar surface area (TPSA) is 199 Å². The Morgan fingerprint density at radius 2 is 1.43 bits per heavy atom. The van der Waals surface area contributed by atoms with Crippen LogP contribution in [-0.4, -0.2) is 66.3 Å². The number of allylic oxidation sites excluding steroid dienone is 5. The van der Waals surface area contributed by atoms with Crippen LogP contribution in [0.2, 0.25) is 4.63 Å². The largest absolute Gasteiger partial charge is 0.481 e. The van der Waals surface area contributed by atoms with E-state index in [1.54, 1.807) is 56.8 Å². The van der Waals surface area contributed by atoms with Crippen molar-refractivity contribution in [3.05, 3.63) is 35.3 Å².